The molecule has 0 atom stereocenters. The Bertz CT molecular complexity index is 386. The number of nitrogens with one attached hydrogen (secondary N) is 1. The third kappa shape index (κ3) is 1.06. The SMILES string of the molecule is C=C1NN=C(C)c2c1cnn2CC. The monoisotopic (exact) mass is 176 g/mol. The summed E-state index contributed by atoms with van der Waals surface area (Å²) in [6.07, 6.45) is 1.83. The zero-order valence-corrected chi connectivity index (χ0v) is 7.83. The van der Waals surface area contributed by atoms with E-state index in [0.29, 0.717) is 0 Å². The lowest BCUT2D eigenvalue weighted by molar-refractivity contribution is 0.652. The van der Waals surface area contributed by atoms with Crippen molar-refractivity contribution >= 4 is 11.4 Å². The van der Waals surface area contributed by atoms with Gasteiger partial charge < -0.3 is 0 Å². The number of aromatic nitrogens is 2. The second-order valence-electron chi connectivity index (χ2n) is 3.01. The maximum Gasteiger partial charge on any atom is 0.0933 e. The summed E-state index contributed by atoms with van der Waals surface area (Å²) in [6.45, 7) is 8.75. The molecule has 1 aromatic heterocycles. The average molecular weight is 176 g/mol. The van der Waals surface area contributed by atoms with Crippen LogP contribution in [0.5, 0.6) is 0 Å². The number of aryl methyl sites for hydroxylation is 1. The molecule has 1 aliphatic rings. The smallest absolute Gasteiger partial charge is 0.0933 e. The van der Waals surface area contributed by atoms with Crippen molar-refractivity contribution in [2.75, 3.05) is 0 Å². The van der Waals surface area contributed by atoms with E-state index >= 15 is 0 Å². The van der Waals surface area contributed by atoms with Crippen molar-refractivity contribution in [3.63, 3.8) is 0 Å². The Morgan fingerprint density at radius 2 is 2.38 bits per heavy atom. The third-order valence-corrected chi connectivity index (χ3v) is 2.17. The van der Waals surface area contributed by atoms with Gasteiger partial charge in [-0.3, -0.25) is 10.1 Å². The minimum atomic E-state index is 0.820. The Hall–Kier alpha value is -1.58. The summed E-state index contributed by atoms with van der Waals surface area (Å²) in [5.41, 5.74) is 6.77. The first kappa shape index (κ1) is 8.04. The van der Waals surface area contributed by atoms with E-state index in [1.807, 2.05) is 17.8 Å². The third-order valence-electron chi connectivity index (χ3n) is 2.17. The Balaban J connectivity index is 2.62. The predicted molar refractivity (Wildman–Crippen MR) is 52.3 cm³/mol. The number of nitrogens with zero attached hydrogens (tertiary/aromatic N) is 3. The van der Waals surface area contributed by atoms with E-state index in [1.165, 1.54) is 0 Å². The maximum atomic E-state index is 4.25. The number of rotatable bonds is 1. The highest BCUT2D eigenvalue weighted by Gasteiger charge is 2.18. The van der Waals surface area contributed by atoms with E-state index in [-0.39, 0.29) is 0 Å². The van der Waals surface area contributed by atoms with E-state index in [1.54, 1.807) is 0 Å². The Morgan fingerprint density at radius 1 is 1.62 bits per heavy atom. The van der Waals surface area contributed by atoms with Gasteiger partial charge in [0.1, 0.15) is 0 Å². The van der Waals surface area contributed by atoms with Crippen LogP contribution in [0.3, 0.4) is 0 Å². The summed E-state index contributed by atoms with van der Waals surface area (Å²) in [5.74, 6) is 0. The van der Waals surface area contributed by atoms with Gasteiger partial charge in [-0.15, -0.1) is 0 Å². The van der Waals surface area contributed by atoms with E-state index in [2.05, 4.69) is 29.1 Å². The molecule has 0 aliphatic carbocycles. The zero-order chi connectivity index (χ0) is 9.42. The van der Waals surface area contributed by atoms with Crippen LogP contribution in [0.15, 0.2) is 17.9 Å². The molecule has 2 heterocycles. The summed E-state index contributed by atoms with van der Waals surface area (Å²) >= 11 is 0. The van der Waals surface area contributed by atoms with Crippen molar-refractivity contribution in [1.29, 1.82) is 0 Å². The van der Waals surface area contributed by atoms with E-state index in [9.17, 15) is 0 Å². The number of fused-ring (bicyclic) bond motifs is 1. The topological polar surface area (TPSA) is 42.2 Å². The summed E-state index contributed by atoms with van der Waals surface area (Å²) in [5, 5.41) is 8.39. The van der Waals surface area contributed by atoms with Crippen molar-refractivity contribution in [3.05, 3.63) is 24.0 Å². The largest absolute Gasteiger partial charge is 0.278 e. The molecule has 1 aromatic rings. The van der Waals surface area contributed by atoms with Crippen LogP contribution in [-0.2, 0) is 6.54 Å². The van der Waals surface area contributed by atoms with Crippen LogP contribution in [0.25, 0.3) is 5.70 Å². The molecule has 0 fully saturated rings. The quantitative estimate of drug-likeness (QED) is 0.698. The van der Waals surface area contributed by atoms with Crippen molar-refractivity contribution in [1.82, 2.24) is 15.2 Å². The molecule has 1 aliphatic heterocycles. The van der Waals surface area contributed by atoms with Crippen LogP contribution < -0.4 is 5.43 Å². The van der Waals surface area contributed by atoms with Gasteiger partial charge in [0.05, 0.1) is 23.3 Å². The van der Waals surface area contributed by atoms with Gasteiger partial charge in [0.25, 0.3) is 0 Å². The minimum Gasteiger partial charge on any atom is -0.278 e. The summed E-state index contributed by atoms with van der Waals surface area (Å²) in [7, 11) is 0. The highest BCUT2D eigenvalue weighted by Crippen LogP contribution is 2.19. The molecule has 4 nitrogen and oxygen atoms in total. The number of hydrogen-bond acceptors (Lipinski definition) is 3. The molecule has 0 aromatic carbocycles. The first-order valence-corrected chi connectivity index (χ1v) is 4.29. The first-order chi connectivity index (χ1) is 6.24. The fraction of sp³-hybridized carbons (Fsp3) is 0.333. The zero-order valence-electron chi connectivity index (χ0n) is 7.83. The van der Waals surface area contributed by atoms with Crippen molar-refractivity contribution < 1.29 is 0 Å². The van der Waals surface area contributed by atoms with Crippen LogP contribution in [-0.4, -0.2) is 15.5 Å². The molecule has 0 amide bonds. The standard InChI is InChI=1S/C9H12N4/c1-4-13-9-7(3)12-11-6(2)8(9)5-10-13/h5,11H,2,4H2,1,3H3. The van der Waals surface area contributed by atoms with E-state index < -0.39 is 0 Å². The van der Waals surface area contributed by atoms with Crippen LogP contribution >= 0.6 is 0 Å². The molecule has 0 saturated heterocycles. The molecule has 13 heavy (non-hydrogen) atoms. The molecule has 4 heteroatoms. The van der Waals surface area contributed by atoms with Gasteiger partial charge in [0.15, 0.2) is 0 Å². The van der Waals surface area contributed by atoms with E-state index in [4.69, 9.17) is 0 Å². The van der Waals surface area contributed by atoms with Crippen LogP contribution in [0.2, 0.25) is 0 Å². The summed E-state index contributed by atoms with van der Waals surface area (Å²) in [4.78, 5) is 0. The number of hydrogen-bond donors (Lipinski definition) is 1. The van der Waals surface area contributed by atoms with Gasteiger partial charge in [-0.25, -0.2) is 0 Å². The van der Waals surface area contributed by atoms with Gasteiger partial charge in [0.2, 0.25) is 0 Å². The molecule has 1 N–H and O–H groups in total. The molecule has 2 rings (SSSR count). The second-order valence-corrected chi connectivity index (χ2v) is 3.01. The first-order valence-electron chi connectivity index (χ1n) is 4.29. The average Bonchev–Trinajstić information content (AvgIpc) is 2.56. The summed E-state index contributed by atoms with van der Waals surface area (Å²) < 4.78 is 1.93. The lowest BCUT2D eigenvalue weighted by Crippen LogP contribution is -2.19. The Morgan fingerprint density at radius 3 is 3.08 bits per heavy atom. The predicted octanol–water partition coefficient (Wildman–Crippen LogP) is 1.20. The molecule has 0 bridgehead atoms. The van der Waals surface area contributed by atoms with Gasteiger partial charge in [-0.2, -0.15) is 10.2 Å². The van der Waals surface area contributed by atoms with Gasteiger partial charge >= 0.3 is 0 Å². The maximum absolute atomic E-state index is 4.25. The molecule has 0 unspecified atom stereocenters. The molecule has 68 valence electrons. The highest BCUT2D eigenvalue weighted by atomic mass is 15.3. The second kappa shape index (κ2) is 2.73. The number of hydrazone groups is 1. The van der Waals surface area contributed by atoms with Gasteiger partial charge in [-0.05, 0) is 13.8 Å². The van der Waals surface area contributed by atoms with Crippen molar-refractivity contribution in [3.8, 4) is 0 Å². The van der Waals surface area contributed by atoms with Gasteiger partial charge in [0, 0.05) is 12.1 Å². The lowest BCUT2D eigenvalue weighted by atomic mass is 10.1. The minimum absolute atomic E-state index is 0.820. The van der Waals surface area contributed by atoms with Gasteiger partial charge in [-0.1, -0.05) is 6.58 Å². The molecule has 0 saturated carbocycles. The Kier molecular flexibility index (Phi) is 1.69. The normalized spacial score (nSPS) is 14.9. The molecule has 0 radical (unpaired) electrons. The molecular formula is C9H12N4. The van der Waals surface area contributed by atoms with Crippen LogP contribution in [0.1, 0.15) is 25.1 Å². The lowest BCUT2D eigenvalue weighted by Gasteiger charge is -2.14. The highest BCUT2D eigenvalue weighted by molar-refractivity contribution is 6.02. The van der Waals surface area contributed by atoms with Crippen molar-refractivity contribution in [2.24, 2.45) is 5.10 Å². The summed E-state index contributed by atoms with van der Waals surface area (Å²) in [6, 6.07) is 0. The Labute approximate surface area is 76.9 Å². The van der Waals surface area contributed by atoms with Crippen LogP contribution in [0, 0.1) is 0 Å². The fourth-order valence-electron chi connectivity index (χ4n) is 1.49. The van der Waals surface area contributed by atoms with Crippen LogP contribution in [0.4, 0.5) is 0 Å². The van der Waals surface area contributed by atoms with E-state index in [0.717, 1.165) is 29.2 Å². The molecule has 0 spiro atoms. The van der Waals surface area contributed by atoms with Crippen molar-refractivity contribution in [2.45, 2.75) is 20.4 Å². The fourth-order valence-corrected chi connectivity index (χ4v) is 1.49. The molecular weight excluding hydrogens is 164 g/mol.